The van der Waals surface area contributed by atoms with Crippen molar-refractivity contribution in [2.75, 3.05) is 12.8 Å². The summed E-state index contributed by atoms with van der Waals surface area (Å²) in [6.45, 7) is 4.47. The maximum atomic E-state index is 11.8. The zero-order chi connectivity index (χ0) is 14.6. The number of hydrogen-bond donors (Lipinski definition) is 1. The molecule has 0 bridgehead atoms. The monoisotopic (exact) mass is 323 g/mol. The van der Waals surface area contributed by atoms with Gasteiger partial charge in [-0.2, -0.15) is 0 Å². The van der Waals surface area contributed by atoms with Crippen molar-refractivity contribution in [3.8, 4) is 0 Å². The first-order chi connectivity index (χ1) is 8.77. The molecule has 0 saturated heterocycles. The van der Waals surface area contributed by atoms with Gasteiger partial charge in [0.15, 0.2) is 9.84 Å². The lowest BCUT2D eigenvalue weighted by Gasteiger charge is -2.24. The van der Waals surface area contributed by atoms with E-state index in [9.17, 15) is 8.42 Å². The van der Waals surface area contributed by atoms with E-state index in [0.717, 1.165) is 18.5 Å². The Morgan fingerprint density at radius 1 is 1.26 bits per heavy atom. The molecule has 2 unspecified atom stereocenters. The Balaban J connectivity index is 3.12. The fourth-order valence-electron chi connectivity index (χ4n) is 1.81. The Kier molecular flexibility index (Phi) is 6.12. The molecule has 2 atom stereocenters. The summed E-state index contributed by atoms with van der Waals surface area (Å²) in [5.41, 5.74) is 0.834. The van der Waals surface area contributed by atoms with E-state index < -0.39 is 15.1 Å². The van der Waals surface area contributed by atoms with E-state index in [1.165, 1.54) is 6.26 Å². The molecule has 1 rings (SSSR count). The van der Waals surface area contributed by atoms with Gasteiger partial charge in [-0.15, -0.1) is 0 Å². The molecule has 0 radical (unpaired) electrons. The van der Waals surface area contributed by atoms with Gasteiger partial charge in [0.2, 0.25) is 0 Å². The third-order valence-corrected chi connectivity index (χ3v) is 5.42. The van der Waals surface area contributed by atoms with Gasteiger partial charge in [-0.25, -0.2) is 8.42 Å². The van der Waals surface area contributed by atoms with Crippen molar-refractivity contribution in [2.24, 2.45) is 0 Å². The van der Waals surface area contributed by atoms with Gasteiger partial charge in [0, 0.05) is 12.3 Å². The Labute approximate surface area is 125 Å². The summed E-state index contributed by atoms with van der Waals surface area (Å²) in [6, 6.07) is 4.93. The van der Waals surface area contributed by atoms with Gasteiger partial charge < -0.3 is 5.32 Å². The normalized spacial score (nSPS) is 15.2. The van der Waals surface area contributed by atoms with Crippen LogP contribution in [0.2, 0.25) is 10.0 Å². The van der Waals surface area contributed by atoms with Crippen molar-refractivity contribution in [3.63, 3.8) is 0 Å². The highest BCUT2D eigenvalue weighted by atomic mass is 35.5. The minimum Gasteiger partial charge on any atom is -0.309 e. The number of sulfone groups is 1. The minimum atomic E-state index is -3.14. The number of nitrogens with one attached hydrogen (secondary N) is 1. The van der Waals surface area contributed by atoms with Crippen molar-refractivity contribution < 1.29 is 8.42 Å². The van der Waals surface area contributed by atoms with Crippen molar-refractivity contribution in [1.82, 2.24) is 5.32 Å². The van der Waals surface area contributed by atoms with E-state index in [1.807, 2.05) is 13.0 Å². The predicted molar refractivity (Wildman–Crippen MR) is 81.8 cm³/mol. The van der Waals surface area contributed by atoms with Crippen LogP contribution in [0.15, 0.2) is 18.2 Å². The van der Waals surface area contributed by atoms with E-state index in [4.69, 9.17) is 23.2 Å². The average molecular weight is 324 g/mol. The highest BCUT2D eigenvalue weighted by Crippen LogP contribution is 2.28. The molecule has 0 spiro atoms. The molecule has 19 heavy (non-hydrogen) atoms. The Morgan fingerprint density at radius 2 is 1.89 bits per heavy atom. The molecule has 1 aromatic carbocycles. The second kappa shape index (κ2) is 6.93. The SMILES string of the molecule is CCCNC(c1ccc(Cl)c(Cl)c1)C(C)S(C)(=O)=O. The smallest absolute Gasteiger partial charge is 0.151 e. The molecule has 1 aromatic rings. The van der Waals surface area contributed by atoms with Gasteiger partial charge in [-0.05, 0) is 37.6 Å². The molecule has 0 amide bonds. The predicted octanol–water partition coefficient (Wildman–Crippen LogP) is 3.47. The third kappa shape index (κ3) is 4.63. The van der Waals surface area contributed by atoms with Crippen molar-refractivity contribution in [1.29, 1.82) is 0 Å². The highest BCUT2D eigenvalue weighted by Gasteiger charge is 2.27. The Morgan fingerprint density at radius 3 is 2.37 bits per heavy atom. The molecular weight excluding hydrogens is 305 g/mol. The first-order valence-electron chi connectivity index (χ1n) is 6.14. The molecule has 0 aliphatic heterocycles. The topological polar surface area (TPSA) is 46.2 Å². The van der Waals surface area contributed by atoms with Crippen LogP contribution in [0.3, 0.4) is 0 Å². The van der Waals surface area contributed by atoms with Gasteiger partial charge >= 0.3 is 0 Å². The van der Waals surface area contributed by atoms with Crippen molar-refractivity contribution >= 4 is 33.0 Å². The van der Waals surface area contributed by atoms with Crippen molar-refractivity contribution in [2.45, 2.75) is 31.6 Å². The van der Waals surface area contributed by atoms with E-state index in [-0.39, 0.29) is 6.04 Å². The maximum absolute atomic E-state index is 11.8. The van der Waals surface area contributed by atoms with Crippen LogP contribution in [0.1, 0.15) is 31.9 Å². The zero-order valence-electron chi connectivity index (χ0n) is 11.3. The van der Waals surface area contributed by atoms with Crippen LogP contribution >= 0.6 is 23.2 Å². The lowest BCUT2D eigenvalue weighted by molar-refractivity contribution is 0.500. The molecule has 1 N–H and O–H groups in total. The average Bonchev–Trinajstić information content (AvgIpc) is 2.32. The van der Waals surface area contributed by atoms with E-state index in [2.05, 4.69) is 5.32 Å². The summed E-state index contributed by atoms with van der Waals surface area (Å²) in [4.78, 5) is 0. The van der Waals surface area contributed by atoms with E-state index in [1.54, 1.807) is 19.1 Å². The van der Waals surface area contributed by atoms with Crippen LogP contribution in [0.5, 0.6) is 0 Å². The van der Waals surface area contributed by atoms with Crippen LogP contribution in [0, 0.1) is 0 Å². The van der Waals surface area contributed by atoms with Crippen molar-refractivity contribution in [3.05, 3.63) is 33.8 Å². The maximum Gasteiger partial charge on any atom is 0.151 e. The first kappa shape index (κ1) is 16.8. The van der Waals surface area contributed by atoms with Crippen LogP contribution in [-0.4, -0.2) is 26.5 Å². The zero-order valence-corrected chi connectivity index (χ0v) is 13.6. The molecule has 0 aliphatic rings. The largest absolute Gasteiger partial charge is 0.309 e. The summed E-state index contributed by atoms with van der Waals surface area (Å²) < 4.78 is 23.5. The van der Waals surface area contributed by atoms with Crippen LogP contribution in [-0.2, 0) is 9.84 Å². The summed E-state index contributed by atoms with van der Waals surface area (Å²) in [5.74, 6) is 0. The summed E-state index contributed by atoms with van der Waals surface area (Å²) in [5, 5.41) is 3.62. The number of benzene rings is 1. The van der Waals surface area contributed by atoms with Gasteiger partial charge in [0.05, 0.1) is 15.3 Å². The fraction of sp³-hybridized carbons (Fsp3) is 0.538. The Hall–Kier alpha value is -0.290. The van der Waals surface area contributed by atoms with Gasteiger partial charge in [-0.3, -0.25) is 0 Å². The standard InChI is InChI=1S/C13H19Cl2NO2S/c1-4-7-16-13(9(2)19(3,17)18)10-5-6-11(14)12(15)8-10/h5-6,8-9,13,16H,4,7H2,1-3H3. The van der Waals surface area contributed by atoms with Gasteiger partial charge in [0.25, 0.3) is 0 Å². The molecule has 0 saturated carbocycles. The second-order valence-electron chi connectivity index (χ2n) is 4.64. The lowest BCUT2D eigenvalue weighted by Crippen LogP contribution is -2.35. The molecule has 108 valence electrons. The number of rotatable bonds is 6. The molecule has 3 nitrogen and oxygen atoms in total. The lowest BCUT2D eigenvalue weighted by atomic mass is 10.0. The highest BCUT2D eigenvalue weighted by molar-refractivity contribution is 7.91. The minimum absolute atomic E-state index is 0.287. The summed E-state index contributed by atoms with van der Waals surface area (Å²) in [7, 11) is -3.14. The summed E-state index contributed by atoms with van der Waals surface area (Å²) in [6.07, 6.45) is 2.17. The molecule has 0 aromatic heterocycles. The molecule has 0 heterocycles. The molecule has 6 heteroatoms. The van der Waals surface area contributed by atoms with Crippen LogP contribution in [0.4, 0.5) is 0 Å². The third-order valence-electron chi connectivity index (χ3n) is 3.06. The molecular formula is C13H19Cl2NO2S. The van der Waals surface area contributed by atoms with E-state index >= 15 is 0 Å². The second-order valence-corrected chi connectivity index (χ2v) is 7.86. The molecule has 0 aliphatic carbocycles. The number of halogens is 2. The summed E-state index contributed by atoms with van der Waals surface area (Å²) >= 11 is 11.9. The van der Waals surface area contributed by atoms with E-state index in [0.29, 0.717) is 10.0 Å². The fourth-order valence-corrected chi connectivity index (χ4v) is 2.86. The molecule has 0 fully saturated rings. The number of hydrogen-bond acceptors (Lipinski definition) is 3. The van der Waals surface area contributed by atoms with Crippen LogP contribution < -0.4 is 5.32 Å². The quantitative estimate of drug-likeness (QED) is 0.871. The van der Waals surface area contributed by atoms with Gasteiger partial charge in [-0.1, -0.05) is 36.2 Å². The van der Waals surface area contributed by atoms with Gasteiger partial charge in [0.1, 0.15) is 0 Å². The first-order valence-corrected chi connectivity index (χ1v) is 8.85. The van der Waals surface area contributed by atoms with Crippen LogP contribution in [0.25, 0.3) is 0 Å². The Bertz CT molecular complexity index is 531.